The van der Waals surface area contributed by atoms with E-state index in [-0.39, 0.29) is 0 Å². The van der Waals surface area contributed by atoms with Gasteiger partial charge in [0.05, 0.1) is 18.2 Å². The van der Waals surface area contributed by atoms with Crippen molar-refractivity contribution >= 4 is 11.3 Å². The molecule has 0 N–H and O–H groups in total. The van der Waals surface area contributed by atoms with Crippen molar-refractivity contribution in [2.75, 3.05) is 0 Å². The van der Waals surface area contributed by atoms with E-state index in [4.69, 9.17) is 5.26 Å². The molecular weight excluding hydrogens is 196 g/mol. The van der Waals surface area contributed by atoms with Crippen molar-refractivity contribution in [3.8, 4) is 16.8 Å². The van der Waals surface area contributed by atoms with Crippen molar-refractivity contribution in [1.82, 2.24) is 15.0 Å². The molecule has 68 valence electrons. The lowest BCUT2D eigenvalue weighted by molar-refractivity contribution is 1.13. The number of thiazole rings is 1. The molecule has 2 rings (SSSR count). The smallest absolute Gasteiger partial charge is 0.142 e. The fourth-order valence-corrected chi connectivity index (χ4v) is 1.80. The topological polar surface area (TPSA) is 62.5 Å². The van der Waals surface area contributed by atoms with Gasteiger partial charge in [0.15, 0.2) is 0 Å². The third kappa shape index (κ3) is 1.75. The predicted octanol–water partition coefficient (Wildman–Crippen LogP) is 1.67. The van der Waals surface area contributed by atoms with Crippen molar-refractivity contribution < 1.29 is 0 Å². The minimum atomic E-state index is 0.349. The van der Waals surface area contributed by atoms with E-state index in [0.717, 1.165) is 16.4 Å². The monoisotopic (exact) mass is 202 g/mol. The van der Waals surface area contributed by atoms with Crippen molar-refractivity contribution in [3.63, 3.8) is 0 Å². The third-order valence-corrected chi connectivity index (χ3v) is 2.53. The quantitative estimate of drug-likeness (QED) is 0.743. The van der Waals surface area contributed by atoms with Crippen LogP contribution >= 0.6 is 11.3 Å². The lowest BCUT2D eigenvalue weighted by Gasteiger charge is -1.91. The van der Waals surface area contributed by atoms with Gasteiger partial charge in [0.25, 0.3) is 0 Å². The van der Waals surface area contributed by atoms with Gasteiger partial charge >= 0.3 is 0 Å². The molecule has 0 radical (unpaired) electrons. The molecule has 0 aliphatic rings. The molecule has 0 fully saturated rings. The summed E-state index contributed by atoms with van der Waals surface area (Å²) in [6.07, 6.45) is 3.51. The molecule has 0 unspecified atom stereocenters. The summed E-state index contributed by atoms with van der Waals surface area (Å²) in [5.74, 6) is 0. The van der Waals surface area contributed by atoms with E-state index in [1.165, 1.54) is 17.7 Å². The van der Waals surface area contributed by atoms with E-state index in [0.29, 0.717) is 6.42 Å². The zero-order valence-corrected chi connectivity index (χ0v) is 8.03. The first kappa shape index (κ1) is 8.78. The fraction of sp³-hybridized carbons (Fsp3) is 0.111. The average molecular weight is 202 g/mol. The van der Waals surface area contributed by atoms with Crippen LogP contribution in [0.5, 0.6) is 0 Å². The molecule has 2 heterocycles. The second kappa shape index (κ2) is 3.94. The second-order valence-corrected chi connectivity index (χ2v) is 3.43. The van der Waals surface area contributed by atoms with Crippen LogP contribution < -0.4 is 0 Å². The molecule has 5 heteroatoms. The van der Waals surface area contributed by atoms with Crippen molar-refractivity contribution in [2.24, 2.45) is 0 Å². The van der Waals surface area contributed by atoms with E-state index in [1.54, 1.807) is 12.3 Å². The van der Waals surface area contributed by atoms with E-state index >= 15 is 0 Å². The molecular formula is C9H6N4S. The van der Waals surface area contributed by atoms with Crippen LogP contribution in [-0.2, 0) is 6.42 Å². The zero-order valence-electron chi connectivity index (χ0n) is 7.21. The second-order valence-electron chi connectivity index (χ2n) is 2.57. The van der Waals surface area contributed by atoms with Crippen molar-refractivity contribution in [1.29, 1.82) is 5.26 Å². The Morgan fingerprint density at radius 2 is 2.43 bits per heavy atom. The first-order valence-electron chi connectivity index (χ1n) is 3.98. The minimum Gasteiger partial charge on any atom is -0.245 e. The van der Waals surface area contributed by atoms with Gasteiger partial charge in [0.1, 0.15) is 17.0 Å². The van der Waals surface area contributed by atoms with Crippen LogP contribution in [-0.4, -0.2) is 15.0 Å². The maximum atomic E-state index is 8.49. The summed E-state index contributed by atoms with van der Waals surface area (Å²) < 4.78 is 0. The summed E-state index contributed by atoms with van der Waals surface area (Å²) in [5.41, 5.74) is 1.60. The lowest BCUT2D eigenvalue weighted by atomic mass is 10.4. The van der Waals surface area contributed by atoms with Crippen LogP contribution in [0.3, 0.4) is 0 Å². The molecule has 2 aromatic heterocycles. The Balaban J connectivity index is 2.31. The van der Waals surface area contributed by atoms with Gasteiger partial charge in [-0.25, -0.2) is 15.0 Å². The summed E-state index contributed by atoms with van der Waals surface area (Å²) in [6.45, 7) is 0. The van der Waals surface area contributed by atoms with E-state index in [9.17, 15) is 0 Å². The Hall–Kier alpha value is -1.80. The van der Waals surface area contributed by atoms with Gasteiger partial charge in [0.2, 0.25) is 0 Å². The number of nitrogens with zero attached hydrogens (tertiary/aromatic N) is 4. The molecule has 0 aromatic carbocycles. The van der Waals surface area contributed by atoms with Gasteiger partial charge < -0.3 is 0 Å². The Morgan fingerprint density at radius 3 is 3.14 bits per heavy atom. The standard InChI is InChI=1S/C9H6N4S/c10-3-1-7-5-14-9(13-7)8-2-4-11-6-12-8/h2,4-6H,1H2. The van der Waals surface area contributed by atoms with Gasteiger partial charge in [-0.05, 0) is 6.07 Å². The summed E-state index contributed by atoms with van der Waals surface area (Å²) >= 11 is 1.49. The molecule has 0 spiro atoms. The van der Waals surface area contributed by atoms with E-state index in [1.807, 2.05) is 5.38 Å². The third-order valence-electron chi connectivity index (χ3n) is 1.61. The highest BCUT2D eigenvalue weighted by Gasteiger charge is 2.04. The van der Waals surface area contributed by atoms with Crippen molar-refractivity contribution in [3.05, 3.63) is 29.7 Å². The van der Waals surface area contributed by atoms with Crippen LogP contribution in [0.15, 0.2) is 24.0 Å². The zero-order chi connectivity index (χ0) is 9.80. The molecule has 0 amide bonds. The van der Waals surface area contributed by atoms with Gasteiger partial charge in [-0.15, -0.1) is 11.3 Å². The molecule has 4 nitrogen and oxygen atoms in total. The summed E-state index contributed by atoms with van der Waals surface area (Å²) in [7, 11) is 0. The SMILES string of the molecule is N#CCc1csc(-c2ccncn2)n1. The lowest BCUT2D eigenvalue weighted by Crippen LogP contribution is -1.84. The van der Waals surface area contributed by atoms with Crippen molar-refractivity contribution in [2.45, 2.75) is 6.42 Å². The molecule has 0 saturated heterocycles. The highest BCUT2D eigenvalue weighted by molar-refractivity contribution is 7.13. The summed E-state index contributed by atoms with van der Waals surface area (Å²) in [6, 6.07) is 3.86. The Bertz CT molecular complexity index is 457. The minimum absolute atomic E-state index is 0.349. The number of hydrogen-bond donors (Lipinski definition) is 0. The Labute approximate surface area is 84.9 Å². The van der Waals surface area contributed by atoms with Crippen LogP contribution in [0.25, 0.3) is 10.7 Å². The molecule has 0 aliphatic carbocycles. The Morgan fingerprint density at radius 1 is 1.50 bits per heavy atom. The van der Waals surface area contributed by atoms with E-state index in [2.05, 4.69) is 21.0 Å². The number of hydrogen-bond acceptors (Lipinski definition) is 5. The molecule has 0 aliphatic heterocycles. The molecule has 0 bridgehead atoms. The van der Waals surface area contributed by atoms with Crippen LogP contribution in [0.2, 0.25) is 0 Å². The average Bonchev–Trinajstić information content (AvgIpc) is 2.68. The highest BCUT2D eigenvalue weighted by Crippen LogP contribution is 2.20. The summed E-state index contributed by atoms with van der Waals surface area (Å²) in [5, 5.41) is 11.2. The number of nitriles is 1. The highest BCUT2D eigenvalue weighted by atomic mass is 32.1. The predicted molar refractivity (Wildman–Crippen MR) is 52.5 cm³/mol. The molecule has 14 heavy (non-hydrogen) atoms. The summed E-state index contributed by atoms with van der Waals surface area (Å²) in [4.78, 5) is 12.2. The number of rotatable bonds is 2. The maximum absolute atomic E-state index is 8.49. The molecule has 0 atom stereocenters. The van der Waals surface area contributed by atoms with Gasteiger partial charge in [0, 0.05) is 11.6 Å². The fourth-order valence-electron chi connectivity index (χ4n) is 1.00. The molecule has 2 aromatic rings. The first-order chi connectivity index (χ1) is 6.90. The largest absolute Gasteiger partial charge is 0.245 e. The maximum Gasteiger partial charge on any atom is 0.142 e. The van der Waals surface area contributed by atoms with E-state index < -0.39 is 0 Å². The normalized spacial score (nSPS) is 9.64. The van der Waals surface area contributed by atoms with Crippen LogP contribution in [0.4, 0.5) is 0 Å². The Kier molecular flexibility index (Phi) is 2.47. The van der Waals surface area contributed by atoms with Gasteiger partial charge in [-0.2, -0.15) is 5.26 Å². The van der Waals surface area contributed by atoms with Crippen LogP contribution in [0, 0.1) is 11.3 Å². The van der Waals surface area contributed by atoms with Crippen LogP contribution in [0.1, 0.15) is 5.69 Å². The number of aromatic nitrogens is 3. The van der Waals surface area contributed by atoms with Gasteiger partial charge in [-0.1, -0.05) is 0 Å². The van der Waals surface area contributed by atoms with Gasteiger partial charge in [-0.3, -0.25) is 0 Å². The first-order valence-corrected chi connectivity index (χ1v) is 4.86. The molecule has 0 saturated carbocycles.